The lowest BCUT2D eigenvalue weighted by atomic mass is 9.93. The normalized spacial score (nSPS) is 14.4. The molecular weight excluding hydrogens is 325 g/mol. The fourth-order valence-electron chi connectivity index (χ4n) is 3.34. The van der Waals surface area contributed by atoms with Crippen molar-refractivity contribution in [1.29, 1.82) is 0 Å². The molecule has 0 heterocycles. The summed E-state index contributed by atoms with van der Waals surface area (Å²) in [5, 5.41) is 12.1. The van der Waals surface area contributed by atoms with E-state index in [4.69, 9.17) is 0 Å². The third-order valence-electron chi connectivity index (χ3n) is 4.90. The maximum atomic E-state index is 10.7. The summed E-state index contributed by atoms with van der Waals surface area (Å²) in [6, 6.07) is 11.0. The zero-order valence-electron chi connectivity index (χ0n) is 16.7. The van der Waals surface area contributed by atoms with Crippen LogP contribution in [0.25, 0.3) is 0 Å². The van der Waals surface area contributed by atoms with E-state index in [0.717, 1.165) is 24.1 Å². The first-order valence-corrected chi connectivity index (χ1v) is 9.99. The van der Waals surface area contributed by atoms with Crippen molar-refractivity contribution in [2.24, 2.45) is 0 Å². The Morgan fingerprint density at radius 3 is 2.32 bits per heavy atom. The van der Waals surface area contributed by atoms with Crippen molar-refractivity contribution in [2.75, 3.05) is 14.1 Å². The molecule has 0 spiro atoms. The Morgan fingerprint density at radius 1 is 1.04 bits per heavy atom. The summed E-state index contributed by atoms with van der Waals surface area (Å²) in [6.07, 6.45) is 0.997. The number of aromatic hydroxyl groups is 1. The quantitative estimate of drug-likeness (QED) is 0.735. The SMILES string of the molecule is CCC(C)(Pc1ccc(C)cc1CN(C)C)c1cc(C)cc(C)c1O. The monoisotopic (exact) mass is 357 g/mol. The van der Waals surface area contributed by atoms with Gasteiger partial charge in [0.25, 0.3) is 0 Å². The van der Waals surface area contributed by atoms with Gasteiger partial charge in [0.15, 0.2) is 0 Å². The minimum atomic E-state index is -0.0583. The highest BCUT2D eigenvalue weighted by molar-refractivity contribution is 7.48. The molecule has 136 valence electrons. The van der Waals surface area contributed by atoms with Crippen LogP contribution < -0.4 is 5.30 Å². The van der Waals surface area contributed by atoms with Crippen molar-refractivity contribution >= 4 is 13.9 Å². The molecule has 25 heavy (non-hydrogen) atoms. The van der Waals surface area contributed by atoms with Gasteiger partial charge in [-0.25, -0.2) is 0 Å². The van der Waals surface area contributed by atoms with Crippen LogP contribution in [-0.2, 0) is 11.7 Å². The summed E-state index contributed by atoms with van der Waals surface area (Å²) in [7, 11) is 4.85. The average molecular weight is 357 g/mol. The van der Waals surface area contributed by atoms with Gasteiger partial charge in [-0.2, -0.15) is 0 Å². The maximum Gasteiger partial charge on any atom is 0.122 e. The van der Waals surface area contributed by atoms with Crippen molar-refractivity contribution in [3.63, 3.8) is 0 Å². The van der Waals surface area contributed by atoms with Crippen LogP contribution in [-0.4, -0.2) is 24.1 Å². The molecule has 0 aromatic heterocycles. The van der Waals surface area contributed by atoms with E-state index < -0.39 is 0 Å². The molecule has 0 aliphatic carbocycles. The van der Waals surface area contributed by atoms with Crippen LogP contribution in [0.4, 0.5) is 0 Å². The largest absolute Gasteiger partial charge is 0.507 e. The van der Waals surface area contributed by atoms with Crippen LogP contribution in [0.15, 0.2) is 30.3 Å². The summed E-state index contributed by atoms with van der Waals surface area (Å²) < 4.78 is 0. The number of phenolic OH excluding ortho intramolecular Hbond substituents is 1. The van der Waals surface area contributed by atoms with Gasteiger partial charge in [0.05, 0.1) is 0 Å². The van der Waals surface area contributed by atoms with Gasteiger partial charge in [0.2, 0.25) is 0 Å². The Morgan fingerprint density at radius 2 is 1.72 bits per heavy atom. The molecule has 2 aromatic carbocycles. The first-order valence-electron chi connectivity index (χ1n) is 8.99. The van der Waals surface area contributed by atoms with Gasteiger partial charge in [0.1, 0.15) is 5.75 Å². The summed E-state index contributed by atoms with van der Waals surface area (Å²) in [5.41, 5.74) is 5.97. The van der Waals surface area contributed by atoms with Gasteiger partial charge in [-0.1, -0.05) is 63.9 Å². The minimum Gasteiger partial charge on any atom is -0.507 e. The molecule has 0 saturated heterocycles. The van der Waals surface area contributed by atoms with E-state index in [1.165, 1.54) is 22.0 Å². The molecule has 2 aromatic rings. The van der Waals surface area contributed by atoms with Crippen molar-refractivity contribution < 1.29 is 5.11 Å². The third kappa shape index (κ3) is 4.63. The van der Waals surface area contributed by atoms with Crippen molar-refractivity contribution in [1.82, 2.24) is 4.90 Å². The van der Waals surface area contributed by atoms with Gasteiger partial charge in [-0.05, 0) is 57.7 Å². The number of hydrogen-bond donors (Lipinski definition) is 1. The smallest absolute Gasteiger partial charge is 0.122 e. The maximum absolute atomic E-state index is 10.7. The lowest BCUT2D eigenvalue weighted by Gasteiger charge is -2.32. The van der Waals surface area contributed by atoms with Gasteiger partial charge >= 0.3 is 0 Å². The predicted octanol–water partition coefficient (Wildman–Crippen LogP) is 5.01. The Labute approximate surface area is 155 Å². The summed E-state index contributed by atoms with van der Waals surface area (Å²) in [6.45, 7) is 11.7. The second-order valence-corrected chi connectivity index (χ2v) is 9.58. The third-order valence-corrected chi connectivity index (χ3v) is 6.84. The molecule has 2 rings (SSSR count). The average Bonchev–Trinajstić information content (AvgIpc) is 2.52. The van der Waals surface area contributed by atoms with Gasteiger partial charge < -0.3 is 10.0 Å². The van der Waals surface area contributed by atoms with E-state index in [-0.39, 0.29) is 5.16 Å². The zero-order valence-corrected chi connectivity index (χ0v) is 17.7. The van der Waals surface area contributed by atoms with Crippen molar-refractivity contribution in [3.05, 3.63) is 58.1 Å². The summed E-state index contributed by atoms with van der Waals surface area (Å²) in [4.78, 5) is 2.22. The Kier molecular flexibility index (Phi) is 6.30. The second kappa shape index (κ2) is 7.89. The number of hydrogen-bond acceptors (Lipinski definition) is 2. The molecule has 0 fully saturated rings. The van der Waals surface area contributed by atoms with E-state index in [2.05, 4.69) is 77.0 Å². The standard InChI is InChI=1S/C22H32NOP/c1-8-22(5,19-13-16(3)11-17(4)21(19)24)25-20-10-9-15(2)12-18(20)14-23(6)7/h9-13,24-25H,8,14H2,1-7H3. The molecule has 2 atom stereocenters. The number of benzene rings is 2. The first kappa shape index (κ1) is 19.9. The van der Waals surface area contributed by atoms with Crippen LogP contribution in [0.1, 0.15) is 48.1 Å². The summed E-state index contributed by atoms with van der Waals surface area (Å²) in [5.74, 6) is 0.462. The molecule has 0 saturated carbocycles. The fraction of sp³-hybridized carbons (Fsp3) is 0.455. The molecular formula is C22H32NOP. The topological polar surface area (TPSA) is 23.5 Å². The number of aryl methyl sites for hydroxylation is 3. The molecule has 0 radical (unpaired) electrons. The van der Waals surface area contributed by atoms with Crippen LogP contribution in [0.2, 0.25) is 0 Å². The molecule has 2 nitrogen and oxygen atoms in total. The minimum absolute atomic E-state index is 0.0583. The fourth-order valence-corrected chi connectivity index (χ4v) is 4.91. The Hall–Kier alpha value is -1.37. The van der Waals surface area contributed by atoms with E-state index >= 15 is 0 Å². The molecule has 1 N–H and O–H groups in total. The summed E-state index contributed by atoms with van der Waals surface area (Å²) >= 11 is 0. The highest BCUT2D eigenvalue weighted by Crippen LogP contribution is 2.48. The van der Waals surface area contributed by atoms with E-state index in [9.17, 15) is 5.11 Å². The van der Waals surface area contributed by atoms with Crippen LogP contribution in [0, 0.1) is 20.8 Å². The van der Waals surface area contributed by atoms with Crippen LogP contribution in [0.5, 0.6) is 5.75 Å². The lowest BCUT2D eigenvalue weighted by Crippen LogP contribution is -2.23. The van der Waals surface area contributed by atoms with Crippen LogP contribution >= 0.6 is 8.58 Å². The predicted molar refractivity (Wildman–Crippen MR) is 112 cm³/mol. The van der Waals surface area contributed by atoms with Crippen molar-refractivity contribution in [3.8, 4) is 5.75 Å². The van der Waals surface area contributed by atoms with Crippen molar-refractivity contribution in [2.45, 2.75) is 52.7 Å². The van der Waals surface area contributed by atoms with Gasteiger partial charge in [-0.3, -0.25) is 0 Å². The highest BCUT2D eigenvalue weighted by atomic mass is 31.1. The lowest BCUT2D eigenvalue weighted by molar-refractivity contribution is 0.403. The molecule has 0 bridgehead atoms. The molecule has 0 aliphatic rings. The van der Waals surface area contributed by atoms with Gasteiger partial charge in [-0.15, -0.1) is 0 Å². The number of rotatable bonds is 6. The van der Waals surface area contributed by atoms with Crippen LogP contribution in [0.3, 0.4) is 0 Å². The first-order chi connectivity index (χ1) is 11.7. The molecule has 0 aliphatic heterocycles. The van der Waals surface area contributed by atoms with E-state index in [1.807, 2.05) is 6.92 Å². The number of phenols is 1. The van der Waals surface area contributed by atoms with Gasteiger partial charge in [0, 0.05) is 17.3 Å². The number of nitrogens with zero attached hydrogens (tertiary/aromatic N) is 1. The second-order valence-electron chi connectivity index (χ2n) is 7.69. The highest BCUT2D eigenvalue weighted by Gasteiger charge is 2.29. The van der Waals surface area contributed by atoms with E-state index in [0.29, 0.717) is 14.3 Å². The molecule has 0 amide bonds. The molecule has 2 unspecified atom stereocenters. The Bertz CT molecular complexity index is 754. The zero-order chi connectivity index (χ0) is 18.8. The van der Waals surface area contributed by atoms with E-state index in [1.54, 1.807) is 0 Å². The Balaban J connectivity index is 2.49. The molecule has 3 heteroatoms.